The summed E-state index contributed by atoms with van der Waals surface area (Å²) in [6.45, 7) is 0.0348. The van der Waals surface area contributed by atoms with Gasteiger partial charge in [-0.3, -0.25) is 0 Å². The van der Waals surface area contributed by atoms with Gasteiger partial charge in [-0.25, -0.2) is 4.79 Å². The second-order valence-electron chi connectivity index (χ2n) is 4.95. The van der Waals surface area contributed by atoms with E-state index < -0.39 is 5.97 Å². The van der Waals surface area contributed by atoms with Gasteiger partial charge in [-0.1, -0.05) is 45.2 Å². The first-order valence-corrected chi connectivity index (χ1v) is 8.55. The summed E-state index contributed by atoms with van der Waals surface area (Å²) in [5, 5.41) is 0.876. The number of benzene rings is 2. The van der Waals surface area contributed by atoms with Gasteiger partial charge in [0, 0.05) is 10.0 Å². The Hall–Kier alpha value is -1.75. The van der Waals surface area contributed by atoms with E-state index in [4.69, 9.17) is 32.4 Å². The number of esters is 1. The summed E-state index contributed by atoms with van der Waals surface area (Å²) in [7, 11) is 0. The van der Waals surface area contributed by atoms with E-state index in [0.29, 0.717) is 32.7 Å². The Morgan fingerprint density at radius 2 is 1.79 bits per heavy atom. The molecular formula is C18H11BrCl2O3. The molecule has 24 heavy (non-hydrogen) atoms. The SMILES string of the molecule is O=C(OCc1ccc(-c2cccc(Cl)c2Cl)o1)c1ccc(Br)cc1. The van der Waals surface area contributed by atoms with Gasteiger partial charge in [0.15, 0.2) is 0 Å². The number of carbonyl (C=O) groups is 1. The van der Waals surface area contributed by atoms with Gasteiger partial charge in [0.1, 0.15) is 18.1 Å². The maximum absolute atomic E-state index is 12.0. The molecule has 0 radical (unpaired) electrons. The van der Waals surface area contributed by atoms with Crippen molar-refractivity contribution >= 4 is 45.1 Å². The lowest BCUT2D eigenvalue weighted by Gasteiger charge is -2.04. The summed E-state index contributed by atoms with van der Waals surface area (Å²) in [4.78, 5) is 12.0. The van der Waals surface area contributed by atoms with E-state index in [-0.39, 0.29) is 6.61 Å². The molecule has 0 atom stereocenters. The molecule has 2 aromatic carbocycles. The highest BCUT2D eigenvalue weighted by Crippen LogP contribution is 2.34. The van der Waals surface area contributed by atoms with Gasteiger partial charge in [-0.05, 0) is 48.5 Å². The van der Waals surface area contributed by atoms with Crippen LogP contribution in [0.5, 0.6) is 0 Å². The molecule has 3 nitrogen and oxygen atoms in total. The lowest BCUT2D eigenvalue weighted by molar-refractivity contribution is 0.0446. The van der Waals surface area contributed by atoms with Crippen molar-refractivity contribution in [3.05, 3.63) is 80.4 Å². The van der Waals surface area contributed by atoms with E-state index in [1.165, 1.54) is 0 Å². The predicted octanol–water partition coefficient (Wildman–Crippen LogP) is 6.37. The second kappa shape index (κ2) is 7.43. The van der Waals surface area contributed by atoms with Gasteiger partial charge in [0.2, 0.25) is 0 Å². The molecule has 1 aromatic heterocycles. The van der Waals surface area contributed by atoms with Crippen LogP contribution in [0.25, 0.3) is 11.3 Å². The third-order valence-corrected chi connectivity index (χ3v) is 4.65. The minimum absolute atomic E-state index is 0.0348. The van der Waals surface area contributed by atoms with Crippen LogP contribution < -0.4 is 0 Å². The molecule has 0 aliphatic heterocycles. The van der Waals surface area contributed by atoms with Crippen molar-refractivity contribution in [1.29, 1.82) is 0 Å². The predicted molar refractivity (Wildman–Crippen MR) is 97.4 cm³/mol. The van der Waals surface area contributed by atoms with Crippen LogP contribution in [0.3, 0.4) is 0 Å². The highest BCUT2D eigenvalue weighted by atomic mass is 79.9. The van der Waals surface area contributed by atoms with Crippen molar-refractivity contribution in [1.82, 2.24) is 0 Å². The minimum Gasteiger partial charge on any atom is -0.457 e. The Kier molecular flexibility index (Phi) is 5.29. The molecule has 122 valence electrons. The molecule has 1 heterocycles. The largest absolute Gasteiger partial charge is 0.457 e. The maximum Gasteiger partial charge on any atom is 0.338 e. The van der Waals surface area contributed by atoms with Crippen molar-refractivity contribution in [2.24, 2.45) is 0 Å². The van der Waals surface area contributed by atoms with E-state index >= 15 is 0 Å². The molecule has 0 aliphatic carbocycles. The zero-order chi connectivity index (χ0) is 17.1. The van der Waals surface area contributed by atoms with Crippen LogP contribution in [0.15, 0.2) is 63.5 Å². The monoisotopic (exact) mass is 424 g/mol. The first kappa shape index (κ1) is 17.1. The molecule has 0 spiro atoms. The van der Waals surface area contributed by atoms with Crippen LogP contribution in [0.2, 0.25) is 10.0 Å². The van der Waals surface area contributed by atoms with Gasteiger partial charge in [-0.15, -0.1) is 0 Å². The Bertz CT molecular complexity index is 872. The summed E-state index contributed by atoms with van der Waals surface area (Å²) in [6.07, 6.45) is 0. The zero-order valence-corrected chi connectivity index (χ0v) is 15.4. The van der Waals surface area contributed by atoms with E-state index in [1.54, 1.807) is 48.5 Å². The summed E-state index contributed by atoms with van der Waals surface area (Å²) < 4.78 is 11.8. The van der Waals surface area contributed by atoms with E-state index in [0.717, 1.165) is 4.47 Å². The average Bonchev–Trinajstić information content (AvgIpc) is 3.04. The fourth-order valence-electron chi connectivity index (χ4n) is 2.10. The van der Waals surface area contributed by atoms with Crippen LogP contribution in [-0.4, -0.2) is 5.97 Å². The van der Waals surface area contributed by atoms with Crippen LogP contribution in [0.4, 0.5) is 0 Å². The quantitative estimate of drug-likeness (QED) is 0.455. The molecule has 3 aromatic rings. The van der Waals surface area contributed by atoms with Crippen LogP contribution in [-0.2, 0) is 11.3 Å². The first-order valence-electron chi connectivity index (χ1n) is 7.00. The molecule has 0 aliphatic rings. The number of carbonyl (C=O) groups excluding carboxylic acids is 1. The number of hydrogen-bond donors (Lipinski definition) is 0. The molecule has 0 fully saturated rings. The molecular weight excluding hydrogens is 415 g/mol. The fourth-order valence-corrected chi connectivity index (χ4v) is 2.76. The zero-order valence-electron chi connectivity index (χ0n) is 12.3. The Morgan fingerprint density at radius 1 is 1.04 bits per heavy atom. The Morgan fingerprint density at radius 3 is 2.54 bits per heavy atom. The minimum atomic E-state index is -0.416. The first-order chi connectivity index (χ1) is 11.5. The van der Waals surface area contributed by atoms with Crippen molar-refractivity contribution in [3.8, 4) is 11.3 Å². The maximum atomic E-state index is 12.0. The molecule has 0 saturated heterocycles. The third kappa shape index (κ3) is 3.83. The highest BCUT2D eigenvalue weighted by molar-refractivity contribution is 9.10. The number of halogens is 3. The third-order valence-electron chi connectivity index (χ3n) is 3.30. The topological polar surface area (TPSA) is 39.4 Å². The fraction of sp³-hybridized carbons (Fsp3) is 0.0556. The molecule has 0 unspecified atom stereocenters. The summed E-state index contributed by atoms with van der Waals surface area (Å²) >= 11 is 15.5. The molecule has 6 heteroatoms. The molecule has 0 bridgehead atoms. The van der Waals surface area contributed by atoms with Crippen LogP contribution >= 0.6 is 39.1 Å². The lowest BCUT2D eigenvalue weighted by Crippen LogP contribution is -2.04. The average molecular weight is 426 g/mol. The molecule has 0 amide bonds. The van der Waals surface area contributed by atoms with Crippen molar-refractivity contribution in [3.63, 3.8) is 0 Å². The summed E-state index contributed by atoms with van der Waals surface area (Å²) in [5.74, 6) is 0.671. The number of furan rings is 1. The summed E-state index contributed by atoms with van der Waals surface area (Å²) in [6, 6.07) is 15.7. The Balaban J connectivity index is 1.69. The van der Waals surface area contributed by atoms with Gasteiger partial charge in [-0.2, -0.15) is 0 Å². The Labute approximate surface area is 157 Å². The van der Waals surface area contributed by atoms with Gasteiger partial charge >= 0.3 is 5.97 Å². The van der Waals surface area contributed by atoms with Crippen molar-refractivity contribution in [2.75, 3.05) is 0 Å². The smallest absolute Gasteiger partial charge is 0.338 e. The van der Waals surface area contributed by atoms with Gasteiger partial charge in [0.05, 0.1) is 15.6 Å². The molecule has 0 saturated carbocycles. The lowest BCUT2D eigenvalue weighted by atomic mass is 10.2. The van der Waals surface area contributed by atoms with Gasteiger partial charge in [0.25, 0.3) is 0 Å². The van der Waals surface area contributed by atoms with E-state index in [1.807, 2.05) is 6.07 Å². The van der Waals surface area contributed by atoms with E-state index in [2.05, 4.69) is 15.9 Å². The second-order valence-corrected chi connectivity index (χ2v) is 6.65. The summed E-state index contributed by atoms with van der Waals surface area (Å²) in [5.41, 5.74) is 1.16. The molecule has 3 rings (SSSR count). The number of rotatable bonds is 4. The molecule has 0 N–H and O–H groups in total. The van der Waals surface area contributed by atoms with Gasteiger partial charge < -0.3 is 9.15 Å². The van der Waals surface area contributed by atoms with Crippen molar-refractivity contribution in [2.45, 2.75) is 6.61 Å². The standard InChI is InChI=1S/C18H11BrCl2O3/c19-12-6-4-11(5-7-12)18(22)23-10-13-8-9-16(24-13)14-2-1-3-15(20)17(14)21/h1-9H,10H2. The van der Waals surface area contributed by atoms with Crippen molar-refractivity contribution < 1.29 is 13.9 Å². The number of ether oxygens (including phenoxy) is 1. The highest BCUT2D eigenvalue weighted by Gasteiger charge is 2.13. The van der Waals surface area contributed by atoms with Crippen LogP contribution in [0.1, 0.15) is 16.1 Å². The normalized spacial score (nSPS) is 10.6. The number of hydrogen-bond acceptors (Lipinski definition) is 3. The van der Waals surface area contributed by atoms with Crippen LogP contribution in [0, 0.1) is 0 Å². The van der Waals surface area contributed by atoms with E-state index in [9.17, 15) is 4.79 Å².